The highest BCUT2D eigenvalue weighted by Gasteiger charge is 2.53. The zero-order chi connectivity index (χ0) is 18.7. The molecule has 1 saturated carbocycles. The average molecular weight is 379 g/mol. The number of nitrogens with zero attached hydrogens (tertiary/aromatic N) is 1. The fraction of sp³-hybridized carbons (Fsp3) is 0.579. The normalized spacial score (nSPS) is 24.5. The molecular formula is C19H25NO5S. The molecular weight excluding hydrogens is 354 g/mol. The quantitative estimate of drug-likeness (QED) is 0.646. The van der Waals surface area contributed by atoms with Gasteiger partial charge in [-0.05, 0) is 37.5 Å². The molecule has 0 aromatic heterocycles. The first kappa shape index (κ1) is 18.9. The molecule has 1 aliphatic carbocycles. The number of thioether (sulfide) groups is 1. The summed E-state index contributed by atoms with van der Waals surface area (Å²) >= 11 is 1.64. The molecule has 2 aliphatic rings. The molecule has 0 radical (unpaired) electrons. The fourth-order valence-electron chi connectivity index (χ4n) is 3.41. The summed E-state index contributed by atoms with van der Waals surface area (Å²) in [5.41, 5.74) is 1.09. The summed E-state index contributed by atoms with van der Waals surface area (Å²) in [4.78, 5) is 26.1. The third kappa shape index (κ3) is 3.92. The van der Waals surface area contributed by atoms with Crippen LogP contribution in [-0.2, 0) is 20.7 Å². The van der Waals surface area contributed by atoms with Gasteiger partial charge in [0.15, 0.2) is 11.5 Å². The van der Waals surface area contributed by atoms with Crippen molar-refractivity contribution in [3.63, 3.8) is 0 Å². The van der Waals surface area contributed by atoms with Crippen molar-refractivity contribution in [2.45, 2.75) is 25.1 Å². The highest BCUT2D eigenvalue weighted by atomic mass is 32.2. The van der Waals surface area contributed by atoms with Gasteiger partial charge in [-0.1, -0.05) is 6.07 Å². The van der Waals surface area contributed by atoms with E-state index in [1.54, 1.807) is 26.0 Å². The smallest absolute Gasteiger partial charge is 0.309 e. The monoisotopic (exact) mass is 379 g/mol. The first-order valence-corrected chi connectivity index (χ1v) is 9.92. The number of ether oxygens (including phenoxy) is 3. The molecule has 1 heterocycles. The van der Waals surface area contributed by atoms with Gasteiger partial charge in [0, 0.05) is 12.5 Å². The standard InChI is InChI=1S/C19H25NO5S/c1-4-25-19(22)14-10-13(14)18-20(17(21)11-26-18)8-7-12-5-6-15(23-2)16(9-12)24-3/h5-6,9,13-14,18H,4,7-8,10-11H2,1-3H3. The molecule has 0 spiro atoms. The van der Waals surface area contributed by atoms with Gasteiger partial charge in [0.2, 0.25) is 5.91 Å². The van der Waals surface area contributed by atoms with Crippen LogP contribution in [0.5, 0.6) is 11.5 Å². The fourth-order valence-corrected chi connectivity index (χ4v) is 4.84. The number of hydrogen-bond donors (Lipinski definition) is 0. The van der Waals surface area contributed by atoms with E-state index in [1.807, 2.05) is 30.0 Å². The minimum atomic E-state index is -0.128. The van der Waals surface area contributed by atoms with Crippen LogP contribution in [0.4, 0.5) is 0 Å². The Bertz CT molecular complexity index is 680. The summed E-state index contributed by atoms with van der Waals surface area (Å²) in [6.07, 6.45) is 1.55. The lowest BCUT2D eigenvalue weighted by atomic mass is 10.1. The van der Waals surface area contributed by atoms with Crippen LogP contribution >= 0.6 is 11.8 Å². The molecule has 26 heavy (non-hydrogen) atoms. The third-order valence-electron chi connectivity index (χ3n) is 4.89. The predicted octanol–water partition coefficient (Wildman–Crippen LogP) is 2.35. The minimum absolute atomic E-state index is 0.0538. The number of carbonyl (C=O) groups is 2. The van der Waals surface area contributed by atoms with Crippen molar-refractivity contribution in [3.05, 3.63) is 23.8 Å². The van der Waals surface area contributed by atoms with Gasteiger partial charge in [0.05, 0.1) is 37.9 Å². The van der Waals surface area contributed by atoms with E-state index in [4.69, 9.17) is 14.2 Å². The number of hydrogen-bond acceptors (Lipinski definition) is 6. The second-order valence-corrected chi connectivity index (χ2v) is 7.59. The van der Waals surface area contributed by atoms with Gasteiger partial charge in [-0.25, -0.2) is 0 Å². The molecule has 7 heteroatoms. The van der Waals surface area contributed by atoms with Gasteiger partial charge in [0.1, 0.15) is 0 Å². The van der Waals surface area contributed by atoms with Crippen LogP contribution in [0.2, 0.25) is 0 Å². The van der Waals surface area contributed by atoms with Crippen molar-refractivity contribution < 1.29 is 23.8 Å². The van der Waals surface area contributed by atoms with Gasteiger partial charge in [-0.15, -0.1) is 11.8 Å². The molecule has 1 amide bonds. The van der Waals surface area contributed by atoms with Gasteiger partial charge in [-0.2, -0.15) is 0 Å². The first-order valence-electron chi connectivity index (χ1n) is 8.87. The van der Waals surface area contributed by atoms with Crippen LogP contribution in [-0.4, -0.2) is 55.3 Å². The number of carbonyl (C=O) groups excluding carboxylic acids is 2. The summed E-state index contributed by atoms with van der Waals surface area (Å²) in [5.74, 6) is 2.05. The van der Waals surface area contributed by atoms with E-state index in [-0.39, 0.29) is 29.1 Å². The molecule has 3 atom stereocenters. The number of amides is 1. The predicted molar refractivity (Wildman–Crippen MR) is 99.4 cm³/mol. The van der Waals surface area contributed by atoms with Crippen molar-refractivity contribution in [2.24, 2.45) is 11.8 Å². The lowest BCUT2D eigenvalue weighted by molar-refractivity contribution is -0.145. The Kier molecular flexibility index (Phi) is 5.96. The molecule has 1 aliphatic heterocycles. The maximum absolute atomic E-state index is 12.3. The second-order valence-electron chi connectivity index (χ2n) is 6.49. The number of benzene rings is 1. The summed E-state index contributed by atoms with van der Waals surface area (Å²) in [6, 6.07) is 5.81. The Morgan fingerprint density at radius 2 is 2.04 bits per heavy atom. The van der Waals surface area contributed by atoms with Crippen molar-refractivity contribution in [2.75, 3.05) is 33.1 Å². The van der Waals surface area contributed by atoms with Crippen LogP contribution in [0.25, 0.3) is 0 Å². The Labute approximate surface area is 158 Å². The molecule has 3 unspecified atom stereocenters. The van der Waals surface area contributed by atoms with Gasteiger partial charge >= 0.3 is 5.97 Å². The lowest BCUT2D eigenvalue weighted by Crippen LogP contribution is -2.36. The average Bonchev–Trinajstić information content (AvgIpc) is 3.37. The molecule has 2 fully saturated rings. The van der Waals surface area contributed by atoms with E-state index >= 15 is 0 Å². The molecule has 1 aromatic rings. The molecule has 0 bridgehead atoms. The van der Waals surface area contributed by atoms with E-state index in [0.717, 1.165) is 18.4 Å². The number of esters is 1. The SMILES string of the molecule is CCOC(=O)C1CC1C1SCC(=O)N1CCc1ccc(OC)c(OC)c1. The third-order valence-corrected chi connectivity index (χ3v) is 6.25. The number of methoxy groups -OCH3 is 2. The van der Waals surface area contributed by atoms with E-state index in [9.17, 15) is 9.59 Å². The van der Waals surface area contributed by atoms with E-state index < -0.39 is 0 Å². The number of rotatable bonds is 8. The van der Waals surface area contributed by atoms with Crippen LogP contribution < -0.4 is 9.47 Å². The zero-order valence-electron chi connectivity index (χ0n) is 15.4. The van der Waals surface area contributed by atoms with Crippen molar-refractivity contribution in [1.82, 2.24) is 4.90 Å². The second kappa shape index (κ2) is 8.20. The zero-order valence-corrected chi connectivity index (χ0v) is 16.2. The van der Waals surface area contributed by atoms with Crippen molar-refractivity contribution in [3.8, 4) is 11.5 Å². The maximum atomic E-state index is 12.3. The van der Waals surface area contributed by atoms with Crippen LogP contribution in [0.3, 0.4) is 0 Å². The Balaban J connectivity index is 1.61. The summed E-state index contributed by atoms with van der Waals surface area (Å²) < 4.78 is 15.7. The largest absolute Gasteiger partial charge is 0.493 e. The van der Waals surface area contributed by atoms with Crippen LogP contribution in [0.15, 0.2) is 18.2 Å². The summed E-state index contributed by atoms with van der Waals surface area (Å²) in [7, 11) is 3.22. The van der Waals surface area contributed by atoms with E-state index in [0.29, 0.717) is 30.4 Å². The molecule has 1 saturated heterocycles. The van der Waals surface area contributed by atoms with Gasteiger partial charge in [0.25, 0.3) is 0 Å². The molecule has 1 aromatic carbocycles. The molecule has 142 valence electrons. The summed E-state index contributed by atoms with van der Waals surface area (Å²) in [5, 5.41) is 0.0806. The molecule has 6 nitrogen and oxygen atoms in total. The van der Waals surface area contributed by atoms with Crippen molar-refractivity contribution >= 4 is 23.6 Å². The highest BCUT2D eigenvalue weighted by molar-refractivity contribution is 8.01. The van der Waals surface area contributed by atoms with Crippen molar-refractivity contribution in [1.29, 1.82) is 0 Å². The Morgan fingerprint density at radius 1 is 1.27 bits per heavy atom. The van der Waals surface area contributed by atoms with E-state index in [1.165, 1.54) is 0 Å². The first-order chi connectivity index (χ1) is 12.6. The Morgan fingerprint density at radius 3 is 2.73 bits per heavy atom. The topological polar surface area (TPSA) is 65.1 Å². The summed E-state index contributed by atoms with van der Waals surface area (Å²) in [6.45, 7) is 2.86. The minimum Gasteiger partial charge on any atom is -0.493 e. The van der Waals surface area contributed by atoms with Crippen LogP contribution in [0, 0.1) is 11.8 Å². The molecule has 0 N–H and O–H groups in total. The highest BCUT2D eigenvalue weighted by Crippen LogP contribution is 2.49. The van der Waals surface area contributed by atoms with E-state index in [2.05, 4.69) is 0 Å². The Hall–Kier alpha value is -1.89. The molecule has 3 rings (SSSR count). The van der Waals surface area contributed by atoms with Crippen LogP contribution in [0.1, 0.15) is 18.9 Å². The van der Waals surface area contributed by atoms with Gasteiger partial charge < -0.3 is 19.1 Å². The lowest BCUT2D eigenvalue weighted by Gasteiger charge is -2.24. The maximum Gasteiger partial charge on any atom is 0.309 e. The van der Waals surface area contributed by atoms with Gasteiger partial charge in [-0.3, -0.25) is 9.59 Å².